The van der Waals surface area contributed by atoms with E-state index in [9.17, 15) is 4.79 Å². The Morgan fingerprint density at radius 3 is 3.11 bits per heavy atom. The van der Waals surface area contributed by atoms with Crippen LogP contribution in [0.25, 0.3) is 10.2 Å². The number of hydrogen-bond acceptors (Lipinski definition) is 5. The van der Waals surface area contributed by atoms with E-state index in [0.717, 1.165) is 10.5 Å². The Morgan fingerprint density at radius 2 is 2.44 bits per heavy atom. The van der Waals surface area contributed by atoms with Crippen molar-refractivity contribution in [3.8, 4) is 0 Å². The van der Waals surface area contributed by atoms with E-state index < -0.39 is 0 Å². The number of anilines is 1. The number of nitrogen functional groups attached to an aromatic ring is 1. The minimum atomic E-state index is -0.114. The van der Waals surface area contributed by atoms with Crippen molar-refractivity contribution in [1.82, 2.24) is 10.3 Å². The van der Waals surface area contributed by atoms with Gasteiger partial charge in [-0.25, -0.2) is 0 Å². The molecule has 0 spiro atoms. The molecule has 0 aliphatic carbocycles. The van der Waals surface area contributed by atoms with Crippen LogP contribution in [0.1, 0.15) is 16.6 Å². The van der Waals surface area contributed by atoms with Crippen molar-refractivity contribution in [3.05, 3.63) is 23.2 Å². The van der Waals surface area contributed by atoms with E-state index in [2.05, 4.69) is 10.3 Å². The Balaban J connectivity index is 2.25. The molecule has 6 heteroatoms. The van der Waals surface area contributed by atoms with Crippen molar-refractivity contribution in [3.63, 3.8) is 0 Å². The molecule has 0 aliphatic rings. The maximum absolute atomic E-state index is 12.1. The molecule has 1 unspecified atom stereocenters. The van der Waals surface area contributed by atoms with Crippen LogP contribution in [0.5, 0.6) is 0 Å². The summed E-state index contributed by atoms with van der Waals surface area (Å²) >= 11 is 3.09. The Hall–Kier alpha value is -1.27. The predicted octanol–water partition coefficient (Wildman–Crippen LogP) is 2.36. The van der Waals surface area contributed by atoms with Gasteiger partial charge in [0.15, 0.2) is 0 Å². The molecule has 0 radical (unpaired) electrons. The quantitative estimate of drug-likeness (QED) is 0.902. The van der Waals surface area contributed by atoms with E-state index in [4.69, 9.17) is 5.73 Å². The van der Waals surface area contributed by atoms with E-state index >= 15 is 0 Å². The zero-order valence-electron chi connectivity index (χ0n) is 10.3. The molecular formula is C12H15N3OS2. The van der Waals surface area contributed by atoms with Gasteiger partial charge in [-0.2, -0.15) is 11.8 Å². The van der Waals surface area contributed by atoms with Gasteiger partial charge in [-0.15, -0.1) is 11.3 Å². The van der Waals surface area contributed by atoms with E-state index in [0.29, 0.717) is 16.1 Å². The average Bonchev–Trinajstić information content (AvgIpc) is 2.68. The molecular weight excluding hydrogens is 266 g/mol. The zero-order valence-corrected chi connectivity index (χ0v) is 11.9. The van der Waals surface area contributed by atoms with Gasteiger partial charge in [0.05, 0.1) is 10.4 Å². The van der Waals surface area contributed by atoms with Crippen LogP contribution in [0, 0.1) is 0 Å². The third-order valence-corrected chi connectivity index (χ3v) is 4.47. The summed E-state index contributed by atoms with van der Waals surface area (Å²) in [4.78, 5) is 16.9. The van der Waals surface area contributed by atoms with Crippen LogP contribution < -0.4 is 11.1 Å². The molecule has 1 amide bonds. The maximum Gasteiger partial charge on any atom is 0.263 e. The van der Waals surface area contributed by atoms with E-state index in [1.807, 2.05) is 25.3 Å². The number of carbonyl (C=O) groups excluding carboxylic acids is 1. The highest BCUT2D eigenvalue weighted by Crippen LogP contribution is 2.31. The lowest BCUT2D eigenvalue weighted by atomic mass is 10.3. The third-order valence-electron chi connectivity index (χ3n) is 2.48. The number of fused-ring (bicyclic) bond motifs is 1. The first kappa shape index (κ1) is 13.2. The van der Waals surface area contributed by atoms with Crippen LogP contribution in [0.3, 0.4) is 0 Å². The number of hydrogen-bond donors (Lipinski definition) is 2. The first-order valence-electron chi connectivity index (χ1n) is 5.56. The normalized spacial score (nSPS) is 12.6. The van der Waals surface area contributed by atoms with Gasteiger partial charge in [0, 0.05) is 18.0 Å². The molecule has 18 heavy (non-hydrogen) atoms. The molecule has 0 saturated heterocycles. The molecule has 0 fully saturated rings. The number of thioether (sulfide) groups is 1. The Bertz CT molecular complexity index is 567. The maximum atomic E-state index is 12.1. The van der Waals surface area contributed by atoms with E-state index in [-0.39, 0.29) is 11.9 Å². The second kappa shape index (κ2) is 5.58. The fourth-order valence-corrected chi connectivity index (χ4v) is 3.26. The van der Waals surface area contributed by atoms with E-state index in [1.54, 1.807) is 18.0 Å². The number of pyridine rings is 1. The number of carbonyl (C=O) groups is 1. The van der Waals surface area contributed by atoms with Crippen LogP contribution in [0.2, 0.25) is 0 Å². The van der Waals surface area contributed by atoms with Crippen molar-refractivity contribution in [2.24, 2.45) is 0 Å². The second-order valence-electron chi connectivity index (χ2n) is 4.02. The Morgan fingerprint density at radius 1 is 1.67 bits per heavy atom. The van der Waals surface area contributed by atoms with Crippen LogP contribution in [0.15, 0.2) is 18.3 Å². The first-order chi connectivity index (χ1) is 8.63. The van der Waals surface area contributed by atoms with Gasteiger partial charge in [-0.05, 0) is 25.3 Å². The molecule has 0 aliphatic heterocycles. The number of nitrogens with zero attached hydrogens (tertiary/aromatic N) is 1. The van der Waals surface area contributed by atoms with Gasteiger partial charge < -0.3 is 11.1 Å². The molecule has 2 rings (SSSR count). The third kappa shape index (κ3) is 2.59. The molecule has 4 nitrogen and oxygen atoms in total. The van der Waals surface area contributed by atoms with Crippen LogP contribution in [0.4, 0.5) is 5.69 Å². The molecule has 96 valence electrons. The predicted molar refractivity (Wildman–Crippen MR) is 79.3 cm³/mol. The molecule has 0 bridgehead atoms. The second-order valence-corrected chi connectivity index (χ2v) is 5.99. The van der Waals surface area contributed by atoms with Gasteiger partial charge in [-0.3, -0.25) is 9.78 Å². The van der Waals surface area contributed by atoms with Gasteiger partial charge in [0.2, 0.25) is 0 Å². The Kier molecular flexibility index (Phi) is 4.08. The summed E-state index contributed by atoms with van der Waals surface area (Å²) in [6, 6.07) is 3.90. The molecule has 2 aromatic heterocycles. The Labute approximate surface area is 114 Å². The lowest BCUT2D eigenvalue weighted by Gasteiger charge is -2.11. The average molecular weight is 281 g/mol. The molecule has 1 atom stereocenters. The topological polar surface area (TPSA) is 68.0 Å². The summed E-state index contributed by atoms with van der Waals surface area (Å²) < 4.78 is 0.942. The number of amides is 1. The van der Waals surface area contributed by atoms with E-state index in [1.165, 1.54) is 11.3 Å². The summed E-state index contributed by atoms with van der Waals surface area (Å²) in [6.07, 6.45) is 3.70. The summed E-state index contributed by atoms with van der Waals surface area (Å²) in [7, 11) is 0. The van der Waals surface area contributed by atoms with Crippen LogP contribution >= 0.6 is 23.1 Å². The molecule has 2 aromatic rings. The smallest absolute Gasteiger partial charge is 0.263 e. The summed E-state index contributed by atoms with van der Waals surface area (Å²) in [5.74, 6) is 0.770. The number of rotatable bonds is 4. The minimum absolute atomic E-state index is 0.114. The summed E-state index contributed by atoms with van der Waals surface area (Å²) in [5, 5.41) is 2.94. The minimum Gasteiger partial charge on any atom is -0.396 e. The fourth-order valence-electron chi connectivity index (χ4n) is 1.70. The lowest BCUT2D eigenvalue weighted by molar-refractivity contribution is 0.0948. The fraction of sp³-hybridized carbons (Fsp3) is 0.333. The number of thiophene rings is 1. The SMILES string of the molecule is CSCC(C)NC(=O)c1sc2cccnc2c1N. The molecule has 0 saturated carbocycles. The number of nitrogens with one attached hydrogen (secondary N) is 1. The first-order valence-corrected chi connectivity index (χ1v) is 7.77. The summed E-state index contributed by atoms with van der Waals surface area (Å²) in [6.45, 7) is 1.98. The van der Waals surface area contributed by atoms with Crippen molar-refractivity contribution < 1.29 is 4.79 Å². The lowest BCUT2D eigenvalue weighted by Crippen LogP contribution is -2.34. The monoisotopic (exact) mass is 281 g/mol. The largest absolute Gasteiger partial charge is 0.396 e. The molecule has 2 heterocycles. The molecule has 3 N–H and O–H groups in total. The van der Waals surface area contributed by atoms with Gasteiger partial charge in [-0.1, -0.05) is 0 Å². The van der Waals surface area contributed by atoms with Crippen molar-refractivity contribution in [2.75, 3.05) is 17.7 Å². The van der Waals surface area contributed by atoms with Gasteiger partial charge in [0.1, 0.15) is 10.4 Å². The van der Waals surface area contributed by atoms with Gasteiger partial charge >= 0.3 is 0 Å². The van der Waals surface area contributed by atoms with Gasteiger partial charge in [0.25, 0.3) is 5.91 Å². The zero-order chi connectivity index (χ0) is 13.1. The highest BCUT2D eigenvalue weighted by Gasteiger charge is 2.18. The van der Waals surface area contributed by atoms with Crippen molar-refractivity contribution in [1.29, 1.82) is 0 Å². The van der Waals surface area contributed by atoms with Crippen molar-refractivity contribution in [2.45, 2.75) is 13.0 Å². The van der Waals surface area contributed by atoms with Crippen LogP contribution in [-0.2, 0) is 0 Å². The number of nitrogens with two attached hydrogens (primary N) is 1. The van der Waals surface area contributed by atoms with Crippen molar-refractivity contribution >= 4 is 44.9 Å². The highest BCUT2D eigenvalue weighted by molar-refractivity contribution is 7.98. The highest BCUT2D eigenvalue weighted by atomic mass is 32.2. The molecule has 0 aromatic carbocycles. The summed E-state index contributed by atoms with van der Waals surface area (Å²) in [5.41, 5.74) is 7.16. The number of aromatic nitrogens is 1. The van der Waals surface area contributed by atoms with Crippen LogP contribution in [-0.4, -0.2) is 28.9 Å². The standard InChI is InChI=1S/C12H15N3OS2/c1-7(6-17-2)15-12(16)11-9(13)10-8(18-11)4-3-5-14-10/h3-5,7H,6,13H2,1-2H3,(H,15,16).